The van der Waals surface area contributed by atoms with E-state index in [-0.39, 0.29) is 0 Å². The molecule has 8 heteroatoms. The van der Waals surface area contributed by atoms with Crippen LogP contribution in [0.1, 0.15) is 39.5 Å². The van der Waals surface area contributed by atoms with Gasteiger partial charge in [0.05, 0.1) is 0 Å². The zero-order valence-corrected chi connectivity index (χ0v) is 16.1. The van der Waals surface area contributed by atoms with Gasteiger partial charge in [0, 0.05) is 18.8 Å². The summed E-state index contributed by atoms with van der Waals surface area (Å²) in [7, 11) is -3.88. The van der Waals surface area contributed by atoms with Crippen molar-refractivity contribution in [1.82, 2.24) is 4.90 Å². The molecule has 0 spiro atoms. The van der Waals surface area contributed by atoms with Crippen molar-refractivity contribution in [3.63, 3.8) is 0 Å². The lowest BCUT2D eigenvalue weighted by atomic mass is 10.2. The number of sulfone groups is 1. The molecule has 26 heavy (non-hydrogen) atoms. The lowest BCUT2D eigenvalue weighted by Crippen LogP contribution is -2.39. The van der Waals surface area contributed by atoms with E-state index in [2.05, 4.69) is 5.32 Å². The first-order chi connectivity index (χ1) is 12.3. The van der Waals surface area contributed by atoms with Gasteiger partial charge in [-0.2, -0.15) is 0 Å². The molecule has 0 aliphatic carbocycles. The number of hydrogen-bond donors (Lipinski definition) is 1. The molecule has 0 radical (unpaired) electrons. The lowest BCUT2D eigenvalue weighted by molar-refractivity contribution is -0.128. The minimum Gasteiger partial charge on any atom is -0.342 e. The SMILES string of the molecule is CCCCN(CCCC)C(=O)CS(=O)(=O)CC(=O)Nc1ccc(F)cc1. The maximum absolute atomic E-state index is 12.8. The van der Waals surface area contributed by atoms with E-state index in [0.717, 1.165) is 37.8 Å². The smallest absolute Gasteiger partial charge is 0.239 e. The normalized spacial score (nSPS) is 11.2. The van der Waals surface area contributed by atoms with Gasteiger partial charge in [-0.25, -0.2) is 12.8 Å². The predicted octanol–water partition coefficient (Wildman–Crippen LogP) is 2.61. The zero-order valence-electron chi connectivity index (χ0n) is 15.3. The molecule has 0 saturated heterocycles. The van der Waals surface area contributed by atoms with Crippen LogP contribution in [0.2, 0.25) is 0 Å². The number of carbonyl (C=O) groups is 2. The zero-order chi connectivity index (χ0) is 19.6. The average molecular weight is 386 g/mol. The molecule has 2 amide bonds. The van der Waals surface area contributed by atoms with Crippen molar-refractivity contribution in [2.75, 3.05) is 29.9 Å². The fraction of sp³-hybridized carbons (Fsp3) is 0.556. The highest BCUT2D eigenvalue weighted by Crippen LogP contribution is 2.09. The quantitative estimate of drug-likeness (QED) is 0.634. The number of unbranched alkanes of at least 4 members (excludes halogenated alkanes) is 2. The third-order valence-corrected chi connectivity index (χ3v) is 5.13. The second kappa shape index (κ2) is 10.9. The van der Waals surface area contributed by atoms with Gasteiger partial charge < -0.3 is 10.2 Å². The monoisotopic (exact) mass is 386 g/mol. The summed E-state index contributed by atoms with van der Waals surface area (Å²) < 4.78 is 37.2. The molecule has 6 nitrogen and oxygen atoms in total. The maximum Gasteiger partial charge on any atom is 0.239 e. The van der Waals surface area contributed by atoms with E-state index in [4.69, 9.17) is 0 Å². The molecule has 0 atom stereocenters. The topological polar surface area (TPSA) is 83.6 Å². The van der Waals surface area contributed by atoms with Crippen LogP contribution in [0.25, 0.3) is 0 Å². The molecule has 1 N–H and O–H groups in total. The van der Waals surface area contributed by atoms with Gasteiger partial charge in [0.25, 0.3) is 0 Å². The number of hydrogen-bond acceptors (Lipinski definition) is 4. The van der Waals surface area contributed by atoms with E-state index in [1.54, 1.807) is 4.90 Å². The highest BCUT2D eigenvalue weighted by atomic mass is 32.2. The van der Waals surface area contributed by atoms with Crippen LogP contribution in [0.15, 0.2) is 24.3 Å². The van der Waals surface area contributed by atoms with Crippen LogP contribution >= 0.6 is 0 Å². The summed E-state index contributed by atoms with van der Waals surface area (Å²) in [5.74, 6) is -3.15. The molecule has 0 heterocycles. The van der Waals surface area contributed by atoms with Crippen LogP contribution in [0, 0.1) is 5.82 Å². The number of amides is 2. The van der Waals surface area contributed by atoms with E-state index in [1.165, 1.54) is 12.1 Å². The number of carbonyl (C=O) groups excluding carboxylic acids is 2. The van der Waals surface area contributed by atoms with Crippen molar-refractivity contribution in [2.24, 2.45) is 0 Å². The Morgan fingerprint density at radius 2 is 1.54 bits per heavy atom. The number of anilines is 1. The van der Waals surface area contributed by atoms with Gasteiger partial charge in [-0.3, -0.25) is 9.59 Å². The van der Waals surface area contributed by atoms with E-state index in [1.807, 2.05) is 13.8 Å². The van der Waals surface area contributed by atoms with E-state index < -0.39 is 39.0 Å². The van der Waals surface area contributed by atoms with Gasteiger partial charge in [-0.1, -0.05) is 26.7 Å². The second-order valence-corrected chi connectivity index (χ2v) is 8.24. The summed E-state index contributed by atoms with van der Waals surface area (Å²) >= 11 is 0. The lowest BCUT2D eigenvalue weighted by Gasteiger charge is -2.22. The number of nitrogens with one attached hydrogen (secondary N) is 1. The van der Waals surface area contributed by atoms with Gasteiger partial charge in [0.15, 0.2) is 9.84 Å². The van der Waals surface area contributed by atoms with Crippen LogP contribution in [-0.2, 0) is 19.4 Å². The highest BCUT2D eigenvalue weighted by Gasteiger charge is 2.24. The first-order valence-corrected chi connectivity index (χ1v) is 10.6. The maximum atomic E-state index is 12.8. The standard InChI is InChI=1S/C18H27FN2O4S/c1-3-5-11-21(12-6-4-2)18(23)14-26(24,25)13-17(22)20-16-9-7-15(19)8-10-16/h7-10H,3-6,11-14H2,1-2H3,(H,20,22). The molecule has 0 saturated carbocycles. The summed E-state index contributed by atoms with van der Waals surface area (Å²) in [6, 6.07) is 4.99. The Morgan fingerprint density at radius 1 is 1.00 bits per heavy atom. The van der Waals surface area contributed by atoms with Crippen LogP contribution in [0.5, 0.6) is 0 Å². The number of rotatable bonds is 11. The van der Waals surface area contributed by atoms with Crippen molar-refractivity contribution in [3.05, 3.63) is 30.1 Å². The second-order valence-electron chi connectivity index (χ2n) is 6.18. The van der Waals surface area contributed by atoms with Gasteiger partial charge in [0.1, 0.15) is 17.3 Å². The summed E-state index contributed by atoms with van der Waals surface area (Å²) in [5.41, 5.74) is 0.297. The van der Waals surface area contributed by atoms with Gasteiger partial charge in [-0.05, 0) is 37.1 Å². The number of nitrogens with zero attached hydrogens (tertiary/aromatic N) is 1. The molecule has 146 valence electrons. The predicted molar refractivity (Wildman–Crippen MR) is 100 cm³/mol. The Labute approximate surface area is 154 Å². The van der Waals surface area contributed by atoms with Gasteiger partial charge in [-0.15, -0.1) is 0 Å². The van der Waals surface area contributed by atoms with Crippen LogP contribution in [0.3, 0.4) is 0 Å². The molecule has 1 aromatic carbocycles. The Hall–Kier alpha value is -1.96. The molecule has 0 unspecified atom stereocenters. The Kier molecular flexibility index (Phi) is 9.26. The summed E-state index contributed by atoms with van der Waals surface area (Å²) in [4.78, 5) is 25.8. The third-order valence-electron chi connectivity index (χ3n) is 3.74. The summed E-state index contributed by atoms with van der Waals surface area (Å²) in [6.45, 7) is 5.04. The Bertz CT molecular complexity index is 682. The molecule has 1 aromatic rings. The third kappa shape index (κ3) is 8.42. The summed E-state index contributed by atoms with van der Waals surface area (Å²) in [6.07, 6.45) is 3.42. The number of benzene rings is 1. The fourth-order valence-electron chi connectivity index (χ4n) is 2.32. The van der Waals surface area contributed by atoms with Crippen molar-refractivity contribution in [1.29, 1.82) is 0 Å². The fourth-order valence-corrected chi connectivity index (χ4v) is 3.45. The minimum atomic E-state index is -3.88. The summed E-state index contributed by atoms with van der Waals surface area (Å²) in [5, 5.41) is 2.39. The van der Waals surface area contributed by atoms with E-state index in [0.29, 0.717) is 18.8 Å². The van der Waals surface area contributed by atoms with Crippen LogP contribution in [-0.4, -0.2) is 49.7 Å². The molecule has 0 bridgehead atoms. The largest absolute Gasteiger partial charge is 0.342 e. The van der Waals surface area contributed by atoms with Crippen molar-refractivity contribution in [3.8, 4) is 0 Å². The highest BCUT2D eigenvalue weighted by molar-refractivity contribution is 7.92. The van der Waals surface area contributed by atoms with Crippen LogP contribution in [0.4, 0.5) is 10.1 Å². The number of halogens is 1. The molecule has 0 aliphatic rings. The van der Waals surface area contributed by atoms with Crippen molar-refractivity contribution in [2.45, 2.75) is 39.5 Å². The molecular weight excluding hydrogens is 359 g/mol. The van der Waals surface area contributed by atoms with Gasteiger partial charge in [0.2, 0.25) is 11.8 Å². The molecule has 0 aromatic heterocycles. The molecule has 1 rings (SSSR count). The first kappa shape index (κ1) is 22.1. The van der Waals surface area contributed by atoms with Crippen LogP contribution < -0.4 is 5.32 Å². The minimum absolute atomic E-state index is 0.297. The Morgan fingerprint density at radius 3 is 2.04 bits per heavy atom. The molecule has 0 aliphatic heterocycles. The first-order valence-electron chi connectivity index (χ1n) is 8.81. The molecular formula is C18H27FN2O4S. The molecule has 0 fully saturated rings. The van der Waals surface area contributed by atoms with E-state index in [9.17, 15) is 22.4 Å². The van der Waals surface area contributed by atoms with Gasteiger partial charge >= 0.3 is 0 Å². The van der Waals surface area contributed by atoms with Crippen molar-refractivity contribution >= 4 is 27.3 Å². The Balaban J connectivity index is 2.62. The average Bonchev–Trinajstić information content (AvgIpc) is 2.56. The van der Waals surface area contributed by atoms with E-state index >= 15 is 0 Å². The van der Waals surface area contributed by atoms with Crippen molar-refractivity contribution < 1.29 is 22.4 Å².